The molecular weight excluding hydrogens is 293 g/mol. The fraction of sp³-hybridized carbons (Fsp3) is 0. The number of carboxylic acid groups (broad SMARTS) is 1. The van der Waals surface area contributed by atoms with E-state index >= 15 is 0 Å². The summed E-state index contributed by atoms with van der Waals surface area (Å²) in [7, 11) is 0. The Hall–Kier alpha value is -3.22. The molecule has 0 unspecified atom stereocenters. The van der Waals surface area contributed by atoms with Crippen molar-refractivity contribution in [3.8, 4) is 11.3 Å². The third-order valence-corrected chi connectivity index (χ3v) is 3.20. The lowest BCUT2D eigenvalue weighted by Gasteiger charge is -1.99. The van der Waals surface area contributed by atoms with Gasteiger partial charge in [0.1, 0.15) is 22.7 Å². The number of fused-ring (bicyclic) bond motifs is 1. The van der Waals surface area contributed by atoms with Crippen molar-refractivity contribution in [3.05, 3.63) is 64.0 Å². The number of hydrogen-bond acceptors (Lipinski definition) is 4. The minimum absolute atomic E-state index is 0.0306. The molecule has 2 aromatic carbocycles. The van der Waals surface area contributed by atoms with Gasteiger partial charge in [-0.25, -0.2) is 9.18 Å². The van der Waals surface area contributed by atoms with Gasteiger partial charge in [0.05, 0.1) is 11.0 Å². The molecule has 0 radical (unpaired) electrons. The first kappa shape index (κ1) is 13.7. The Kier molecular flexibility index (Phi) is 3.10. The first-order valence-electron chi connectivity index (χ1n) is 6.17. The van der Waals surface area contributed by atoms with Gasteiger partial charge in [0, 0.05) is 17.0 Å². The normalized spacial score (nSPS) is 10.8. The van der Waals surface area contributed by atoms with Gasteiger partial charge in [-0.3, -0.25) is 10.1 Å². The summed E-state index contributed by atoms with van der Waals surface area (Å²) in [6.45, 7) is 0. The molecule has 0 atom stereocenters. The van der Waals surface area contributed by atoms with E-state index in [1.807, 2.05) is 0 Å². The van der Waals surface area contributed by atoms with Gasteiger partial charge < -0.3 is 9.52 Å². The second kappa shape index (κ2) is 4.96. The lowest BCUT2D eigenvalue weighted by atomic mass is 10.1. The molecule has 0 aliphatic rings. The molecule has 3 aromatic rings. The largest absolute Gasteiger partial charge is 0.478 e. The van der Waals surface area contributed by atoms with Crippen LogP contribution in [0.15, 0.2) is 46.9 Å². The molecule has 0 aliphatic carbocycles. The molecular formula is C15H8FNO5. The van der Waals surface area contributed by atoms with E-state index in [0.717, 1.165) is 6.07 Å². The van der Waals surface area contributed by atoms with E-state index in [0.29, 0.717) is 5.56 Å². The number of aromatic carboxylic acids is 1. The van der Waals surface area contributed by atoms with E-state index < -0.39 is 16.7 Å². The van der Waals surface area contributed by atoms with Gasteiger partial charge in [-0.2, -0.15) is 0 Å². The van der Waals surface area contributed by atoms with Crippen LogP contribution in [0.1, 0.15) is 10.4 Å². The Balaban J connectivity index is 2.29. The Bertz CT molecular complexity index is 898. The van der Waals surface area contributed by atoms with Crippen molar-refractivity contribution < 1.29 is 23.6 Å². The van der Waals surface area contributed by atoms with Gasteiger partial charge in [-0.05, 0) is 30.3 Å². The van der Waals surface area contributed by atoms with Crippen LogP contribution in [0, 0.1) is 15.9 Å². The third kappa shape index (κ3) is 2.18. The summed E-state index contributed by atoms with van der Waals surface area (Å²) in [6.07, 6.45) is 0. The summed E-state index contributed by atoms with van der Waals surface area (Å²) in [6, 6.07) is 8.82. The first-order valence-corrected chi connectivity index (χ1v) is 6.17. The van der Waals surface area contributed by atoms with E-state index in [9.17, 15) is 24.4 Å². The number of non-ortho nitro benzene ring substituents is 1. The van der Waals surface area contributed by atoms with Crippen molar-refractivity contribution in [1.82, 2.24) is 0 Å². The molecule has 6 nitrogen and oxygen atoms in total. The van der Waals surface area contributed by atoms with E-state index in [1.54, 1.807) is 0 Å². The summed E-state index contributed by atoms with van der Waals surface area (Å²) < 4.78 is 18.5. The average molecular weight is 301 g/mol. The molecule has 0 saturated heterocycles. The van der Waals surface area contributed by atoms with Crippen LogP contribution in [-0.4, -0.2) is 16.0 Å². The molecule has 1 N–H and O–H groups in total. The summed E-state index contributed by atoms with van der Waals surface area (Å²) >= 11 is 0. The predicted molar refractivity (Wildman–Crippen MR) is 75.2 cm³/mol. The van der Waals surface area contributed by atoms with Gasteiger partial charge in [0.2, 0.25) is 0 Å². The highest BCUT2D eigenvalue weighted by molar-refractivity contribution is 6.08. The lowest BCUT2D eigenvalue weighted by molar-refractivity contribution is -0.384. The van der Waals surface area contributed by atoms with Gasteiger partial charge in [0.25, 0.3) is 5.69 Å². The highest BCUT2D eigenvalue weighted by Crippen LogP contribution is 2.35. The maximum absolute atomic E-state index is 13.0. The van der Waals surface area contributed by atoms with Gasteiger partial charge in [-0.1, -0.05) is 0 Å². The van der Waals surface area contributed by atoms with Crippen LogP contribution in [0.2, 0.25) is 0 Å². The zero-order valence-electron chi connectivity index (χ0n) is 10.9. The molecule has 0 fully saturated rings. The zero-order valence-corrected chi connectivity index (χ0v) is 10.9. The van der Waals surface area contributed by atoms with E-state index in [-0.39, 0.29) is 28.0 Å². The number of rotatable bonds is 3. The molecule has 0 bridgehead atoms. The topological polar surface area (TPSA) is 93.6 Å². The number of carboxylic acids is 1. The second-order valence-corrected chi connectivity index (χ2v) is 4.56. The molecule has 0 amide bonds. The van der Waals surface area contributed by atoms with Crippen molar-refractivity contribution in [2.75, 3.05) is 0 Å². The number of benzene rings is 2. The van der Waals surface area contributed by atoms with Crippen molar-refractivity contribution in [3.63, 3.8) is 0 Å². The SMILES string of the molecule is O=C(O)c1c(-c2ccc(F)cc2)oc2cc([N+](=O)[O-])ccc12. The Morgan fingerprint density at radius 2 is 1.86 bits per heavy atom. The molecule has 1 aromatic heterocycles. The number of nitro groups is 1. The number of nitro benzene ring substituents is 1. The maximum Gasteiger partial charge on any atom is 0.340 e. The molecule has 0 spiro atoms. The van der Waals surface area contributed by atoms with Crippen LogP contribution in [-0.2, 0) is 0 Å². The monoisotopic (exact) mass is 301 g/mol. The van der Waals surface area contributed by atoms with Crippen molar-refractivity contribution in [2.45, 2.75) is 0 Å². The highest BCUT2D eigenvalue weighted by atomic mass is 19.1. The number of halogens is 1. The number of carbonyl (C=O) groups is 1. The van der Waals surface area contributed by atoms with Crippen LogP contribution >= 0.6 is 0 Å². The number of hydrogen-bond donors (Lipinski definition) is 1. The quantitative estimate of drug-likeness (QED) is 0.586. The van der Waals surface area contributed by atoms with E-state index in [4.69, 9.17) is 4.42 Å². The van der Waals surface area contributed by atoms with Crippen LogP contribution < -0.4 is 0 Å². The van der Waals surface area contributed by atoms with Gasteiger partial charge >= 0.3 is 5.97 Å². The average Bonchev–Trinajstić information content (AvgIpc) is 2.86. The summed E-state index contributed by atoms with van der Waals surface area (Å²) in [5.41, 5.74) is 0.143. The van der Waals surface area contributed by atoms with E-state index in [1.165, 1.54) is 36.4 Å². The highest BCUT2D eigenvalue weighted by Gasteiger charge is 2.23. The fourth-order valence-electron chi connectivity index (χ4n) is 2.22. The maximum atomic E-state index is 13.0. The van der Waals surface area contributed by atoms with Gasteiger partial charge in [0.15, 0.2) is 0 Å². The minimum atomic E-state index is -1.23. The molecule has 7 heteroatoms. The third-order valence-electron chi connectivity index (χ3n) is 3.20. The second-order valence-electron chi connectivity index (χ2n) is 4.56. The smallest absolute Gasteiger partial charge is 0.340 e. The molecule has 0 aliphatic heterocycles. The zero-order chi connectivity index (χ0) is 15.9. The lowest BCUT2D eigenvalue weighted by Crippen LogP contribution is -1.97. The van der Waals surface area contributed by atoms with Crippen molar-refractivity contribution in [1.29, 1.82) is 0 Å². The van der Waals surface area contributed by atoms with Crippen LogP contribution in [0.5, 0.6) is 0 Å². The predicted octanol–water partition coefficient (Wildman–Crippen LogP) is 3.85. The fourth-order valence-corrected chi connectivity index (χ4v) is 2.22. The Morgan fingerprint density at radius 1 is 1.18 bits per heavy atom. The Morgan fingerprint density at radius 3 is 2.45 bits per heavy atom. The number of furan rings is 1. The molecule has 0 saturated carbocycles. The van der Waals surface area contributed by atoms with Gasteiger partial charge in [-0.15, -0.1) is 0 Å². The summed E-state index contributed by atoms with van der Waals surface area (Å²) in [4.78, 5) is 21.7. The minimum Gasteiger partial charge on any atom is -0.478 e. The van der Waals surface area contributed by atoms with Crippen molar-refractivity contribution >= 4 is 22.6 Å². The molecule has 1 heterocycles. The summed E-state index contributed by atoms with van der Waals surface area (Å²) in [5.74, 6) is -1.66. The molecule has 22 heavy (non-hydrogen) atoms. The van der Waals surface area contributed by atoms with Crippen LogP contribution in [0.4, 0.5) is 10.1 Å². The number of nitrogens with zero attached hydrogens (tertiary/aromatic N) is 1. The van der Waals surface area contributed by atoms with Crippen LogP contribution in [0.3, 0.4) is 0 Å². The van der Waals surface area contributed by atoms with Crippen LogP contribution in [0.25, 0.3) is 22.3 Å². The van der Waals surface area contributed by atoms with E-state index in [2.05, 4.69) is 0 Å². The van der Waals surface area contributed by atoms with Crippen molar-refractivity contribution in [2.24, 2.45) is 0 Å². The Labute approximate surface area is 122 Å². The first-order chi connectivity index (χ1) is 10.5. The molecule has 3 rings (SSSR count). The molecule has 110 valence electrons. The summed E-state index contributed by atoms with van der Waals surface area (Å²) in [5, 5.41) is 20.4. The standard InChI is InChI=1S/C15H8FNO5/c16-9-3-1-8(2-4-9)14-13(15(18)19)11-6-5-10(17(20)21)7-12(11)22-14/h1-7H,(H,18,19).